The first-order chi connectivity index (χ1) is 12.5. The van der Waals surface area contributed by atoms with E-state index in [-0.39, 0.29) is 15.0 Å². The first-order valence-corrected chi connectivity index (χ1v) is 9.66. The molecule has 0 unspecified atom stereocenters. The van der Waals surface area contributed by atoms with Crippen LogP contribution < -0.4 is 8.92 Å². The summed E-state index contributed by atoms with van der Waals surface area (Å²) in [5.41, 5.74) is 1.05. The third kappa shape index (κ3) is 3.28. The molecule has 1 heterocycles. The van der Waals surface area contributed by atoms with Gasteiger partial charge >= 0.3 is 154 Å². The van der Waals surface area contributed by atoms with E-state index in [1.54, 1.807) is 6.07 Å². The summed E-state index contributed by atoms with van der Waals surface area (Å²) >= 11 is -0.320. The van der Waals surface area contributed by atoms with Gasteiger partial charge in [-0.1, -0.05) is 0 Å². The number of halogens is 3. The Morgan fingerprint density at radius 2 is 1.50 bits per heavy atom. The predicted molar refractivity (Wildman–Crippen MR) is 98.1 cm³/mol. The summed E-state index contributed by atoms with van der Waals surface area (Å²) in [6.07, 6.45) is -4.34. The second kappa shape index (κ2) is 6.67. The van der Waals surface area contributed by atoms with Crippen LogP contribution in [-0.2, 0) is 6.18 Å². The van der Waals surface area contributed by atoms with Gasteiger partial charge in [0.15, 0.2) is 0 Å². The third-order valence-electron chi connectivity index (χ3n) is 3.97. The average Bonchev–Trinajstić information content (AvgIpc) is 3.01. The van der Waals surface area contributed by atoms with Gasteiger partial charge in [0.2, 0.25) is 0 Å². The van der Waals surface area contributed by atoms with Crippen LogP contribution in [0, 0.1) is 0 Å². The summed E-state index contributed by atoms with van der Waals surface area (Å²) in [5, 5.41) is 0.948. The molecular formula is C21H13F3OSe. The second-order valence-electron chi connectivity index (χ2n) is 5.75. The first-order valence-electron chi connectivity index (χ1n) is 7.94. The Hall–Kier alpha value is -2.49. The van der Waals surface area contributed by atoms with E-state index in [4.69, 9.17) is 4.42 Å². The summed E-state index contributed by atoms with van der Waals surface area (Å²) in [5.74, 6) is 0.726. The average molecular weight is 417 g/mol. The minimum absolute atomic E-state index is 0.320. The van der Waals surface area contributed by atoms with Crippen molar-refractivity contribution < 1.29 is 17.6 Å². The fourth-order valence-electron chi connectivity index (χ4n) is 2.76. The first kappa shape index (κ1) is 17.0. The molecule has 0 atom stereocenters. The van der Waals surface area contributed by atoms with Crippen LogP contribution in [0.25, 0.3) is 22.3 Å². The van der Waals surface area contributed by atoms with Crippen molar-refractivity contribution in [3.63, 3.8) is 0 Å². The zero-order chi connectivity index (χ0) is 18.1. The van der Waals surface area contributed by atoms with Gasteiger partial charge in [0.25, 0.3) is 0 Å². The molecule has 0 amide bonds. The van der Waals surface area contributed by atoms with E-state index in [1.165, 1.54) is 12.1 Å². The van der Waals surface area contributed by atoms with E-state index in [0.717, 1.165) is 32.8 Å². The Morgan fingerprint density at radius 3 is 2.27 bits per heavy atom. The maximum atomic E-state index is 13.0. The van der Waals surface area contributed by atoms with Gasteiger partial charge in [0, 0.05) is 0 Å². The van der Waals surface area contributed by atoms with Crippen LogP contribution in [0.1, 0.15) is 5.56 Å². The molecule has 0 spiro atoms. The monoisotopic (exact) mass is 418 g/mol. The standard InChI is InChI=1S/C21H13F3OSe/c22-21(23,24)15-9-6-10-16(13-15)26-20-17-11-4-5-12-18(17)25-19(20)14-7-2-1-3-8-14/h1-13H. The van der Waals surface area contributed by atoms with Crippen LogP contribution in [0.15, 0.2) is 83.3 Å². The molecule has 0 aliphatic rings. The van der Waals surface area contributed by atoms with Crippen LogP contribution in [-0.4, -0.2) is 15.0 Å². The molecule has 0 aliphatic carbocycles. The van der Waals surface area contributed by atoms with Gasteiger partial charge in [0.1, 0.15) is 0 Å². The molecule has 0 saturated heterocycles. The molecule has 3 aromatic carbocycles. The Balaban J connectivity index is 1.84. The van der Waals surface area contributed by atoms with Gasteiger partial charge in [-0.2, -0.15) is 0 Å². The third-order valence-corrected chi connectivity index (χ3v) is 6.27. The Bertz CT molecular complexity index is 1050. The summed E-state index contributed by atoms with van der Waals surface area (Å²) < 4.78 is 46.8. The molecule has 0 bridgehead atoms. The maximum absolute atomic E-state index is 13.0. The van der Waals surface area contributed by atoms with Gasteiger partial charge in [-0.05, 0) is 0 Å². The number of benzene rings is 3. The molecule has 0 fully saturated rings. The Morgan fingerprint density at radius 1 is 0.769 bits per heavy atom. The number of fused-ring (bicyclic) bond motifs is 1. The van der Waals surface area contributed by atoms with E-state index in [0.29, 0.717) is 4.46 Å². The van der Waals surface area contributed by atoms with Crippen molar-refractivity contribution in [3.05, 3.63) is 84.4 Å². The van der Waals surface area contributed by atoms with Crippen molar-refractivity contribution in [1.82, 2.24) is 0 Å². The van der Waals surface area contributed by atoms with Crippen molar-refractivity contribution in [1.29, 1.82) is 0 Å². The molecule has 0 saturated carbocycles. The van der Waals surface area contributed by atoms with Crippen molar-refractivity contribution in [3.8, 4) is 11.3 Å². The number of para-hydroxylation sites is 1. The number of furan rings is 1. The zero-order valence-electron chi connectivity index (χ0n) is 13.5. The summed E-state index contributed by atoms with van der Waals surface area (Å²) in [6.45, 7) is 0. The van der Waals surface area contributed by atoms with Crippen LogP contribution in [0.3, 0.4) is 0 Å². The van der Waals surface area contributed by atoms with E-state index >= 15 is 0 Å². The van der Waals surface area contributed by atoms with Crippen LogP contribution >= 0.6 is 0 Å². The second-order valence-corrected chi connectivity index (χ2v) is 8.02. The summed E-state index contributed by atoms with van der Waals surface area (Å²) in [7, 11) is 0. The van der Waals surface area contributed by atoms with Gasteiger partial charge in [-0.3, -0.25) is 0 Å². The summed E-state index contributed by atoms with van der Waals surface area (Å²) in [4.78, 5) is 0. The zero-order valence-corrected chi connectivity index (χ0v) is 15.2. The van der Waals surface area contributed by atoms with Gasteiger partial charge in [-0.25, -0.2) is 0 Å². The van der Waals surface area contributed by atoms with E-state index in [1.807, 2.05) is 54.6 Å². The Kier molecular flexibility index (Phi) is 4.35. The van der Waals surface area contributed by atoms with Gasteiger partial charge in [-0.15, -0.1) is 0 Å². The molecule has 130 valence electrons. The normalized spacial score (nSPS) is 11.8. The molecule has 0 aliphatic heterocycles. The number of hydrogen-bond acceptors (Lipinski definition) is 1. The minimum atomic E-state index is -4.34. The molecule has 5 heteroatoms. The summed E-state index contributed by atoms with van der Waals surface area (Å²) in [6, 6.07) is 22.8. The molecule has 4 aromatic rings. The fraction of sp³-hybridized carbons (Fsp3) is 0.0476. The van der Waals surface area contributed by atoms with Crippen LogP contribution in [0.4, 0.5) is 13.2 Å². The van der Waals surface area contributed by atoms with Gasteiger partial charge in [0.05, 0.1) is 0 Å². The number of rotatable bonds is 3. The number of hydrogen-bond donors (Lipinski definition) is 0. The van der Waals surface area contributed by atoms with E-state index in [2.05, 4.69) is 0 Å². The molecular weight excluding hydrogens is 404 g/mol. The van der Waals surface area contributed by atoms with E-state index in [9.17, 15) is 13.2 Å². The van der Waals surface area contributed by atoms with Crippen molar-refractivity contribution in [2.24, 2.45) is 0 Å². The molecule has 1 nitrogen and oxygen atoms in total. The van der Waals surface area contributed by atoms with Crippen molar-refractivity contribution >= 4 is 34.8 Å². The molecule has 0 N–H and O–H groups in total. The fourth-order valence-corrected chi connectivity index (χ4v) is 5.06. The van der Waals surface area contributed by atoms with Crippen molar-refractivity contribution in [2.75, 3.05) is 0 Å². The topological polar surface area (TPSA) is 13.1 Å². The molecule has 0 radical (unpaired) electrons. The van der Waals surface area contributed by atoms with Crippen LogP contribution in [0.2, 0.25) is 0 Å². The van der Waals surface area contributed by atoms with E-state index < -0.39 is 11.7 Å². The quantitative estimate of drug-likeness (QED) is 0.438. The SMILES string of the molecule is FC(F)(F)c1cccc([Se]c2c(-c3ccccc3)oc3ccccc23)c1. The molecule has 4 rings (SSSR count). The predicted octanol–water partition coefficient (Wildman–Crippen LogP) is 4.77. The number of alkyl halides is 3. The molecule has 26 heavy (non-hydrogen) atoms. The molecule has 1 aromatic heterocycles. The van der Waals surface area contributed by atoms with Crippen molar-refractivity contribution in [2.45, 2.75) is 6.18 Å². The van der Waals surface area contributed by atoms with Crippen LogP contribution in [0.5, 0.6) is 0 Å². The Labute approximate surface area is 154 Å². The van der Waals surface area contributed by atoms with Gasteiger partial charge < -0.3 is 0 Å².